The molecule has 2 unspecified atom stereocenters. The molecule has 5 rings (SSSR count). The van der Waals surface area contributed by atoms with Crippen molar-refractivity contribution in [3.8, 4) is 0 Å². The number of amides is 3. The second-order valence-electron chi connectivity index (χ2n) is 13.7. The minimum atomic E-state index is -0.334. The van der Waals surface area contributed by atoms with Crippen molar-refractivity contribution in [1.29, 1.82) is 0 Å². The minimum Gasteiger partial charge on any atom is -0.382 e. The summed E-state index contributed by atoms with van der Waals surface area (Å²) in [6.07, 6.45) is 11.0. The first-order valence-corrected chi connectivity index (χ1v) is 17.4. The van der Waals surface area contributed by atoms with Crippen molar-refractivity contribution in [1.82, 2.24) is 20.0 Å². The van der Waals surface area contributed by atoms with Crippen molar-refractivity contribution in [3.05, 3.63) is 64.9 Å². The van der Waals surface area contributed by atoms with Crippen molar-refractivity contribution in [2.45, 2.75) is 108 Å². The number of urea groups is 1. The van der Waals surface area contributed by atoms with Crippen molar-refractivity contribution in [3.63, 3.8) is 0 Å². The van der Waals surface area contributed by atoms with Crippen molar-refractivity contribution in [2.75, 3.05) is 32.5 Å². The predicted octanol–water partition coefficient (Wildman–Crippen LogP) is 6.96. The van der Waals surface area contributed by atoms with Gasteiger partial charge in [-0.05, 0) is 99.2 Å². The van der Waals surface area contributed by atoms with Gasteiger partial charge in [-0.3, -0.25) is 4.79 Å². The number of rotatable bonds is 9. The molecule has 2 aromatic rings. The Morgan fingerprint density at radius 3 is 2.18 bits per heavy atom. The number of halogens is 2. The zero-order chi connectivity index (χ0) is 31.9. The van der Waals surface area contributed by atoms with E-state index in [4.69, 9.17) is 11.6 Å². The van der Waals surface area contributed by atoms with Crippen LogP contribution in [0.1, 0.15) is 76.7 Å². The molecular weight excluding hydrogens is 589 g/mol. The average molecular weight is 640 g/mol. The highest BCUT2D eigenvalue weighted by Gasteiger charge is 2.40. The predicted molar refractivity (Wildman–Crippen MR) is 180 cm³/mol. The van der Waals surface area contributed by atoms with Crippen LogP contribution in [0, 0.1) is 11.7 Å². The number of hydrogen-bond donors (Lipinski definition) is 2. The Bertz CT molecular complexity index is 1250. The Morgan fingerprint density at radius 1 is 0.911 bits per heavy atom. The Kier molecular flexibility index (Phi) is 11.6. The van der Waals surface area contributed by atoms with Crippen LogP contribution in [0.2, 0.25) is 5.02 Å². The highest BCUT2D eigenvalue weighted by Crippen LogP contribution is 2.32. The van der Waals surface area contributed by atoms with E-state index in [9.17, 15) is 14.0 Å². The molecule has 3 atom stereocenters. The molecule has 2 N–H and O–H groups in total. The fraction of sp³-hybridized carbons (Fsp3) is 0.611. The summed E-state index contributed by atoms with van der Waals surface area (Å²) in [5.74, 6) is 0.106. The summed E-state index contributed by atoms with van der Waals surface area (Å²) in [7, 11) is 3.70. The summed E-state index contributed by atoms with van der Waals surface area (Å²) in [6.45, 7) is 3.52. The van der Waals surface area contributed by atoms with Crippen LogP contribution in [0.5, 0.6) is 0 Å². The fourth-order valence-electron chi connectivity index (χ4n) is 7.67. The van der Waals surface area contributed by atoms with Gasteiger partial charge >= 0.3 is 6.03 Å². The van der Waals surface area contributed by atoms with Crippen molar-refractivity contribution in [2.24, 2.45) is 5.92 Å². The Balaban J connectivity index is 1.23. The van der Waals surface area contributed by atoms with Crippen LogP contribution in [0.15, 0.2) is 48.5 Å². The molecule has 45 heavy (non-hydrogen) atoms. The lowest BCUT2D eigenvalue weighted by Crippen LogP contribution is -2.60. The summed E-state index contributed by atoms with van der Waals surface area (Å²) >= 11 is 6.17. The monoisotopic (exact) mass is 639 g/mol. The average Bonchev–Trinajstić information content (AvgIpc) is 3.04. The van der Waals surface area contributed by atoms with E-state index < -0.39 is 0 Å². The van der Waals surface area contributed by atoms with Crippen LogP contribution < -0.4 is 10.6 Å². The third-order valence-electron chi connectivity index (χ3n) is 10.1. The summed E-state index contributed by atoms with van der Waals surface area (Å²) in [5.41, 5.74) is 2.02. The molecule has 0 spiro atoms. The van der Waals surface area contributed by atoms with E-state index in [0.29, 0.717) is 30.6 Å². The molecule has 1 heterocycles. The van der Waals surface area contributed by atoms with E-state index in [1.165, 1.54) is 31.4 Å². The van der Waals surface area contributed by atoms with Gasteiger partial charge in [-0.1, -0.05) is 49.9 Å². The van der Waals surface area contributed by atoms with E-state index in [1.807, 2.05) is 43.3 Å². The molecule has 3 amide bonds. The second kappa shape index (κ2) is 15.6. The van der Waals surface area contributed by atoms with Crippen LogP contribution >= 0.6 is 11.6 Å². The van der Waals surface area contributed by atoms with Gasteiger partial charge in [-0.15, -0.1) is 0 Å². The first-order chi connectivity index (χ1) is 21.7. The van der Waals surface area contributed by atoms with Crippen LogP contribution in [0.4, 0.5) is 14.9 Å². The van der Waals surface area contributed by atoms with Gasteiger partial charge in [-0.2, -0.15) is 0 Å². The van der Waals surface area contributed by atoms with Crippen molar-refractivity contribution < 1.29 is 14.0 Å². The number of nitrogens with one attached hydrogen (secondary N) is 2. The minimum absolute atomic E-state index is 0.102. The molecule has 2 aliphatic carbocycles. The number of likely N-dealkylation sites (tertiary alicyclic amines) is 1. The van der Waals surface area contributed by atoms with E-state index in [2.05, 4.69) is 22.5 Å². The molecule has 3 fully saturated rings. The number of piperidine rings is 1. The molecule has 0 bridgehead atoms. The highest BCUT2D eigenvalue weighted by atomic mass is 35.5. The maximum Gasteiger partial charge on any atom is 0.319 e. The molecule has 3 aliphatic rings. The normalized spacial score (nSPS) is 25.0. The van der Waals surface area contributed by atoms with Gasteiger partial charge in [0.2, 0.25) is 5.91 Å². The molecule has 0 aromatic heterocycles. The van der Waals surface area contributed by atoms with Gasteiger partial charge in [0.05, 0.1) is 6.04 Å². The maximum absolute atomic E-state index is 14.2. The lowest BCUT2D eigenvalue weighted by molar-refractivity contribution is -0.136. The molecule has 9 heteroatoms. The summed E-state index contributed by atoms with van der Waals surface area (Å²) in [6, 6.07) is 15.1. The second-order valence-corrected chi connectivity index (χ2v) is 14.2. The molecule has 7 nitrogen and oxygen atoms in total. The van der Waals surface area contributed by atoms with Crippen LogP contribution in [0.3, 0.4) is 0 Å². The van der Waals surface area contributed by atoms with Crippen LogP contribution in [-0.2, 0) is 11.2 Å². The molecule has 2 saturated carbocycles. The Hall–Kier alpha value is -2.84. The quantitative estimate of drug-likeness (QED) is 0.311. The number of benzene rings is 2. The standard InChI is InChI=1S/C36H51ClFN5O2/c1-25-24-42(22-21-34(25)43(36(45)41(2)3)32-7-5-4-6-8-32)35(44)33(23-26-9-11-27(37)12-10-26)40-31-19-17-30(18-20-31)39-29-15-13-28(38)14-16-29/h9-16,25,30-34,39-40H,4-8,17-24H2,1-3H3/t25?,30?,31?,33-,34?/m0/s1. The van der Waals surface area contributed by atoms with E-state index in [-0.39, 0.29) is 47.8 Å². The molecule has 1 saturated heterocycles. The molecular formula is C36H51ClFN5O2. The Labute approximate surface area is 273 Å². The number of carbonyl (C=O) groups excluding carboxylic acids is 2. The summed E-state index contributed by atoms with van der Waals surface area (Å²) in [5, 5.41) is 8.00. The molecule has 1 aliphatic heterocycles. The molecule has 246 valence electrons. The maximum atomic E-state index is 14.2. The van der Waals surface area contributed by atoms with Gasteiger partial charge < -0.3 is 25.3 Å². The first-order valence-electron chi connectivity index (χ1n) is 17.0. The van der Waals surface area contributed by atoms with Crippen molar-refractivity contribution >= 4 is 29.2 Å². The summed E-state index contributed by atoms with van der Waals surface area (Å²) in [4.78, 5) is 33.6. The van der Waals surface area contributed by atoms with Gasteiger partial charge in [0.25, 0.3) is 0 Å². The third-order valence-corrected chi connectivity index (χ3v) is 10.4. The molecule has 2 aromatic carbocycles. The SMILES string of the molecule is CC1CN(C(=O)[C@H](Cc2ccc(Cl)cc2)NC2CCC(Nc3ccc(F)cc3)CC2)CCC1N(C(=O)N(C)C)C1CCCCC1. The Morgan fingerprint density at radius 2 is 1.56 bits per heavy atom. The number of nitrogens with zero attached hydrogens (tertiary/aromatic N) is 3. The van der Waals surface area contributed by atoms with E-state index in [1.54, 1.807) is 17.0 Å². The van der Waals surface area contributed by atoms with Crippen LogP contribution in [0.25, 0.3) is 0 Å². The zero-order valence-electron chi connectivity index (χ0n) is 27.2. The van der Waals surface area contributed by atoms with Crippen LogP contribution in [-0.4, -0.2) is 84.0 Å². The summed E-state index contributed by atoms with van der Waals surface area (Å²) < 4.78 is 13.3. The third kappa shape index (κ3) is 8.91. The fourth-order valence-corrected chi connectivity index (χ4v) is 7.80. The van der Waals surface area contributed by atoms with Gasteiger partial charge in [-0.25, -0.2) is 9.18 Å². The highest BCUT2D eigenvalue weighted by molar-refractivity contribution is 6.30. The lowest BCUT2D eigenvalue weighted by Gasteiger charge is -2.48. The number of anilines is 1. The van der Waals surface area contributed by atoms with Gasteiger partial charge in [0, 0.05) is 62.1 Å². The first kappa shape index (κ1) is 33.5. The largest absolute Gasteiger partial charge is 0.382 e. The zero-order valence-corrected chi connectivity index (χ0v) is 27.9. The van der Waals surface area contributed by atoms with Gasteiger partial charge in [0.15, 0.2) is 0 Å². The smallest absolute Gasteiger partial charge is 0.319 e. The topological polar surface area (TPSA) is 67.9 Å². The number of carbonyl (C=O) groups is 2. The van der Waals surface area contributed by atoms with E-state index >= 15 is 0 Å². The van der Waals surface area contributed by atoms with Gasteiger partial charge in [0.1, 0.15) is 5.82 Å². The molecule has 0 radical (unpaired) electrons. The lowest BCUT2D eigenvalue weighted by atomic mass is 9.87. The van der Waals surface area contributed by atoms with E-state index in [0.717, 1.165) is 56.2 Å². The number of hydrogen-bond acceptors (Lipinski definition) is 4.